The van der Waals surface area contributed by atoms with Crippen LogP contribution in [-0.4, -0.2) is 5.11 Å². The molecule has 2 rings (SSSR count). The number of phenolic OH excluding ortho intramolecular Hbond substituents is 1. The SMILES string of the molecule is Cc1cc(F)cc([C@@H](N)CC2CC2)c1O.Cl. The normalized spacial score (nSPS) is 16.7. The Balaban J connectivity index is 0.00000128. The standard InChI is InChI=1S/C12H16FNO.ClH/c1-7-4-9(13)6-10(12(7)15)11(14)5-8-2-3-8;/h4,6,8,11,15H,2-3,5,14H2,1H3;1H/t11-;/m0./s1. The van der Waals surface area contributed by atoms with Crippen LogP contribution in [0.1, 0.15) is 36.4 Å². The number of nitrogens with two attached hydrogens (primary N) is 1. The maximum Gasteiger partial charge on any atom is 0.124 e. The Labute approximate surface area is 101 Å². The van der Waals surface area contributed by atoms with Crippen molar-refractivity contribution in [1.29, 1.82) is 0 Å². The van der Waals surface area contributed by atoms with Gasteiger partial charge in [0.15, 0.2) is 0 Å². The van der Waals surface area contributed by atoms with Crippen molar-refractivity contribution in [2.24, 2.45) is 11.7 Å². The molecule has 16 heavy (non-hydrogen) atoms. The van der Waals surface area contributed by atoms with E-state index in [0.29, 0.717) is 17.0 Å². The van der Waals surface area contributed by atoms with Gasteiger partial charge in [-0.15, -0.1) is 12.4 Å². The molecule has 1 saturated carbocycles. The first-order valence-electron chi connectivity index (χ1n) is 5.32. The van der Waals surface area contributed by atoms with Gasteiger partial charge in [-0.05, 0) is 37.0 Å². The minimum Gasteiger partial charge on any atom is -0.507 e. The van der Waals surface area contributed by atoms with Gasteiger partial charge >= 0.3 is 0 Å². The maximum atomic E-state index is 13.2. The molecule has 0 unspecified atom stereocenters. The van der Waals surface area contributed by atoms with Crippen molar-refractivity contribution in [3.63, 3.8) is 0 Å². The Morgan fingerprint density at radius 3 is 2.69 bits per heavy atom. The average molecular weight is 246 g/mol. The van der Waals surface area contributed by atoms with Crippen LogP contribution in [-0.2, 0) is 0 Å². The van der Waals surface area contributed by atoms with Crippen molar-refractivity contribution in [2.45, 2.75) is 32.2 Å². The highest BCUT2D eigenvalue weighted by Crippen LogP contribution is 2.39. The Morgan fingerprint density at radius 1 is 1.50 bits per heavy atom. The molecular formula is C12H17ClFNO. The molecule has 90 valence electrons. The average Bonchev–Trinajstić information content (AvgIpc) is 2.94. The van der Waals surface area contributed by atoms with E-state index in [9.17, 15) is 9.50 Å². The summed E-state index contributed by atoms with van der Waals surface area (Å²) in [5.41, 5.74) is 7.04. The zero-order valence-corrected chi connectivity index (χ0v) is 10.1. The van der Waals surface area contributed by atoms with E-state index in [4.69, 9.17) is 5.73 Å². The lowest BCUT2D eigenvalue weighted by atomic mass is 9.99. The second-order valence-corrected chi connectivity index (χ2v) is 4.45. The van der Waals surface area contributed by atoms with Crippen LogP contribution < -0.4 is 5.73 Å². The first-order chi connectivity index (χ1) is 7.08. The van der Waals surface area contributed by atoms with E-state index in [0.717, 1.165) is 6.42 Å². The smallest absolute Gasteiger partial charge is 0.124 e. The summed E-state index contributed by atoms with van der Waals surface area (Å²) in [6.45, 7) is 1.69. The molecule has 0 aromatic heterocycles. The molecule has 1 aromatic rings. The molecule has 3 N–H and O–H groups in total. The first kappa shape index (κ1) is 13.3. The Hall–Kier alpha value is -0.800. The highest BCUT2D eigenvalue weighted by molar-refractivity contribution is 5.85. The molecule has 0 amide bonds. The Bertz CT molecular complexity index is 380. The molecule has 0 bridgehead atoms. The van der Waals surface area contributed by atoms with Crippen LogP contribution >= 0.6 is 12.4 Å². The van der Waals surface area contributed by atoms with Crippen molar-refractivity contribution in [3.05, 3.63) is 29.1 Å². The largest absolute Gasteiger partial charge is 0.507 e. The zero-order chi connectivity index (χ0) is 11.0. The van der Waals surface area contributed by atoms with Crippen LogP contribution in [0.2, 0.25) is 0 Å². The van der Waals surface area contributed by atoms with Gasteiger partial charge in [-0.25, -0.2) is 4.39 Å². The fourth-order valence-electron chi connectivity index (χ4n) is 1.88. The minimum atomic E-state index is -0.327. The van der Waals surface area contributed by atoms with Gasteiger partial charge in [-0.2, -0.15) is 0 Å². The van der Waals surface area contributed by atoms with E-state index in [-0.39, 0.29) is 30.0 Å². The monoisotopic (exact) mass is 245 g/mol. The second kappa shape index (κ2) is 5.02. The summed E-state index contributed by atoms with van der Waals surface area (Å²) in [4.78, 5) is 0. The third kappa shape index (κ3) is 2.86. The van der Waals surface area contributed by atoms with Crippen molar-refractivity contribution in [2.75, 3.05) is 0 Å². The van der Waals surface area contributed by atoms with E-state index in [1.165, 1.54) is 25.0 Å². The van der Waals surface area contributed by atoms with E-state index in [2.05, 4.69) is 0 Å². The van der Waals surface area contributed by atoms with Gasteiger partial charge in [-0.1, -0.05) is 12.8 Å². The van der Waals surface area contributed by atoms with Crippen molar-refractivity contribution in [1.82, 2.24) is 0 Å². The molecule has 1 aliphatic carbocycles. The molecule has 1 atom stereocenters. The summed E-state index contributed by atoms with van der Waals surface area (Å²) in [6.07, 6.45) is 3.27. The quantitative estimate of drug-likeness (QED) is 0.860. The summed E-state index contributed by atoms with van der Waals surface area (Å²) in [6, 6.07) is 2.42. The number of rotatable bonds is 3. The summed E-state index contributed by atoms with van der Waals surface area (Å²) < 4.78 is 13.2. The van der Waals surface area contributed by atoms with Gasteiger partial charge in [-0.3, -0.25) is 0 Å². The number of hydrogen-bond donors (Lipinski definition) is 2. The third-order valence-electron chi connectivity index (χ3n) is 2.98. The number of benzene rings is 1. The predicted octanol–water partition coefficient (Wildman–Crippen LogP) is 3.06. The van der Waals surface area contributed by atoms with Gasteiger partial charge < -0.3 is 10.8 Å². The molecule has 1 fully saturated rings. The van der Waals surface area contributed by atoms with E-state index >= 15 is 0 Å². The lowest BCUT2D eigenvalue weighted by Crippen LogP contribution is -2.12. The van der Waals surface area contributed by atoms with Gasteiger partial charge in [0.1, 0.15) is 11.6 Å². The van der Waals surface area contributed by atoms with Crippen LogP contribution in [0.4, 0.5) is 4.39 Å². The number of phenols is 1. The molecule has 1 aliphatic rings. The van der Waals surface area contributed by atoms with Gasteiger partial charge in [0.2, 0.25) is 0 Å². The number of aryl methyl sites for hydroxylation is 1. The lowest BCUT2D eigenvalue weighted by Gasteiger charge is -2.14. The number of halogens is 2. The van der Waals surface area contributed by atoms with Crippen LogP contribution in [0.15, 0.2) is 12.1 Å². The topological polar surface area (TPSA) is 46.2 Å². The molecule has 1 aromatic carbocycles. The summed E-state index contributed by atoms with van der Waals surface area (Å²) >= 11 is 0. The molecule has 0 spiro atoms. The highest BCUT2D eigenvalue weighted by atomic mass is 35.5. The zero-order valence-electron chi connectivity index (χ0n) is 9.24. The van der Waals surface area contributed by atoms with Crippen LogP contribution in [0, 0.1) is 18.7 Å². The number of hydrogen-bond acceptors (Lipinski definition) is 2. The van der Waals surface area contributed by atoms with Crippen LogP contribution in [0.5, 0.6) is 5.75 Å². The third-order valence-corrected chi connectivity index (χ3v) is 2.98. The van der Waals surface area contributed by atoms with Crippen LogP contribution in [0.25, 0.3) is 0 Å². The Morgan fingerprint density at radius 2 is 2.12 bits per heavy atom. The fraction of sp³-hybridized carbons (Fsp3) is 0.500. The second-order valence-electron chi connectivity index (χ2n) is 4.45. The summed E-state index contributed by atoms with van der Waals surface area (Å²) in [5, 5.41) is 9.78. The molecule has 0 heterocycles. The summed E-state index contributed by atoms with van der Waals surface area (Å²) in [5.74, 6) is 0.485. The summed E-state index contributed by atoms with van der Waals surface area (Å²) in [7, 11) is 0. The fourth-order valence-corrected chi connectivity index (χ4v) is 1.88. The Kier molecular flexibility index (Phi) is 4.16. The molecule has 4 heteroatoms. The van der Waals surface area contributed by atoms with Gasteiger partial charge in [0.05, 0.1) is 0 Å². The minimum absolute atomic E-state index is 0. The van der Waals surface area contributed by atoms with E-state index in [1.807, 2.05) is 0 Å². The van der Waals surface area contributed by atoms with Gasteiger partial charge in [0, 0.05) is 11.6 Å². The lowest BCUT2D eigenvalue weighted by molar-refractivity contribution is 0.448. The molecular weight excluding hydrogens is 229 g/mol. The highest BCUT2D eigenvalue weighted by Gasteiger charge is 2.26. The molecule has 0 saturated heterocycles. The molecule has 0 aliphatic heterocycles. The van der Waals surface area contributed by atoms with Crippen molar-refractivity contribution < 1.29 is 9.50 Å². The predicted molar refractivity (Wildman–Crippen MR) is 64.3 cm³/mol. The van der Waals surface area contributed by atoms with Gasteiger partial charge in [0.25, 0.3) is 0 Å². The maximum absolute atomic E-state index is 13.2. The van der Waals surface area contributed by atoms with Crippen LogP contribution in [0.3, 0.4) is 0 Å². The first-order valence-corrected chi connectivity index (χ1v) is 5.32. The van der Waals surface area contributed by atoms with Crippen molar-refractivity contribution in [3.8, 4) is 5.75 Å². The number of aromatic hydroxyl groups is 1. The van der Waals surface area contributed by atoms with Crippen molar-refractivity contribution >= 4 is 12.4 Å². The molecule has 0 radical (unpaired) electrons. The van der Waals surface area contributed by atoms with E-state index < -0.39 is 0 Å². The molecule has 2 nitrogen and oxygen atoms in total. The van der Waals surface area contributed by atoms with E-state index in [1.54, 1.807) is 6.92 Å².